The largest absolute Gasteiger partial charge is 0.341 e. The minimum atomic E-state index is -0.235. The third-order valence-electron chi connectivity index (χ3n) is 2.61. The molecule has 0 aliphatic carbocycles. The Hall–Kier alpha value is -1.68. The summed E-state index contributed by atoms with van der Waals surface area (Å²) >= 11 is 0. The van der Waals surface area contributed by atoms with Gasteiger partial charge < -0.3 is 10.3 Å². The lowest BCUT2D eigenvalue weighted by atomic mass is 10.2. The van der Waals surface area contributed by atoms with Gasteiger partial charge in [0.15, 0.2) is 0 Å². The molecule has 0 radical (unpaired) electrons. The maximum Gasteiger partial charge on any atom is 0.123 e. The molecule has 1 aromatic carbocycles. The van der Waals surface area contributed by atoms with Crippen molar-refractivity contribution in [3.63, 3.8) is 0 Å². The highest BCUT2D eigenvalue weighted by Crippen LogP contribution is 2.17. The third-order valence-corrected chi connectivity index (χ3v) is 2.61. The number of halogens is 1. The molecule has 4 heteroatoms. The lowest BCUT2D eigenvalue weighted by Crippen LogP contribution is -2.19. The van der Waals surface area contributed by atoms with Gasteiger partial charge in [0.05, 0.1) is 18.4 Å². The Morgan fingerprint density at radius 2 is 2.22 bits per heavy atom. The minimum absolute atomic E-state index is 0.235. The van der Waals surface area contributed by atoms with Crippen molar-refractivity contribution in [3.8, 4) is 11.3 Å². The summed E-state index contributed by atoms with van der Waals surface area (Å²) in [5.41, 5.74) is 1.66. The van der Waals surface area contributed by atoms with Crippen LogP contribution in [0.1, 0.15) is 19.7 Å². The highest BCUT2D eigenvalue weighted by atomic mass is 19.1. The first-order chi connectivity index (χ1) is 8.65. The van der Waals surface area contributed by atoms with Gasteiger partial charge in [0.1, 0.15) is 11.6 Å². The molecule has 0 atom stereocenters. The van der Waals surface area contributed by atoms with Gasteiger partial charge in [-0.3, -0.25) is 0 Å². The normalized spacial score (nSPS) is 11.1. The predicted octanol–water partition coefficient (Wildman–Crippen LogP) is 2.96. The molecule has 0 bridgehead atoms. The van der Waals surface area contributed by atoms with Crippen LogP contribution in [0.4, 0.5) is 4.39 Å². The van der Waals surface area contributed by atoms with Gasteiger partial charge in [-0.1, -0.05) is 26.0 Å². The van der Waals surface area contributed by atoms with Crippen molar-refractivity contribution >= 4 is 0 Å². The van der Waals surface area contributed by atoms with Crippen molar-refractivity contribution < 1.29 is 4.39 Å². The Morgan fingerprint density at radius 3 is 2.94 bits per heavy atom. The van der Waals surface area contributed by atoms with E-state index in [0.717, 1.165) is 23.6 Å². The fraction of sp³-hybridized carbons (Fsp3) is 0.357. The van der Waals surface area contributed by atoms with Crippen LogP contribution in [0.15, 0.2) is 30.5 Å². The van der Waals surface area contributed by atoms with E-state index in [0.29, 0.717) is 12.5 Å². The first-order valence-electron chi connectivity index (χ1n) is 6.15. The van der Waals surface area contributed by atoms with Gasteiger partial charge >= 0.3 is 0 Å². The summed E-state index contributed by atoms with van der Waals surface area (Å²) in [7, 11) is 0. The van der Waals surface area contributed by atoms with E-state index in [9.17, 15) is 4.39 Å². The lowest BCUT2D eigenvalue weighted by molar-refractivity contribution is 0.544. The van der Waals surface area contributed by atoms with E-state index < -0.39 is 0 Å². The second kappa shape index (κ2) is 5.78. The number of rotatable bonds is 5. The Bertz CT molecular complexity index is 505. The molecule has 3 nitrogen and oxygen atoms in total. The Morgan fingerprint density at radius 1 is 1.39 bits per heavy atom. The van der Waals surface area contributed by atoms with Crippen molar-refractivity contribution in [3.05, 3.63) is 42.1 Å². The number of aromatic nitrogens is 2. The molecule has 0 aliphatic heterocycles. The van der Waals surface area contributed by atoms with Crippen LogP contribution < -0.4 is 5.32 Å². The van der Waals surface area contributed by atoms with Crippen LogP contribution >= 0.6 is 0 Å². The summed E-state index contributed by atoms with van der Waals surface area (Å²) in [6.07, 6.45) is 1.74. The van der Waals surface area contributed by atoms with Crippen molar-refractivity contribution in [2.24, 2.45) is 5.92 Å². The maximum atomic E-state index is 13.1. The van der Waals surface area contributed by atoms with Gasteiger partial charge in [0, 0.05) is 5.56 Å². The van der Waals surface area contributed by atoms with Crippen LogP contribution in [0, 0.1) is 11.7 Å². The summed E-state index contributed by atoms with van der Waals surface area (Å²) in [6, 6.07) is 6.49. The first-order valence-corrected chi connectivity index (χ1v) is 6.15. The lowest BCUT2D eigenvalue weighted by Gasteiger charge is -2.04. The fourth-order valence-corrected chi connectivity index (χ4v) is 1.73. The minimum Gasteiger partial charge on any atom is -0.341 e. The zero-order valence-electron chi connectivity index (χ0n) is 10.7. The fourth-order valence-electron chi connectivity index (χ4n) is 1.73. The molecule has 0 amide bonds. The molecule has 0 saturated carbocycles. The van der Waals surface area contributed by atoms with Gasteiger partial charge in [0.25, 0.3) is 0 Å². The summed E-state index contributed by atoms with van der Waals surface area (Å²) in [4.78, 5) is 7.47. The standard InChI is InChI=1S/C14H18FN3/c1-10(2)7-16-9-14-17-8-13(18-14)11-4-3-5-12(15)6-11/h3-6,8,10,16H,7,9H2,1-2H3,(H,17,18). The highest BCUT2D eigenvalue weighted by Gasteiger charge is 2.04. The van der Waals surface area contributed by atoms with E-state index in [-0.39, 0.29) is 5.82 Å². The van der Waals surface area contributed by atoms with Gasteiger partial charge in [-0.15, -0.1) is 0 Å². The highest BCUT2D eigenvalue weighted by molar-refractivity contribution is 5.58. The number of hydrogen-bond donors (Lipinski definition) is 2. The average molecular weight is 247 g/mol. The van der Waals surface area contributed by atoms with Crippen LogP contribution in [0.5, 0.6) is 0 Å². The Balaban J connectivity index is 2.02. The number of nitrogens with one attached hydrogen (secondary N) is 2. The number of nitrogens with zero attached hydrogens (tertiary/aromatic N) is 1. The molecule has 0 unspecified atom stereocenters. The van der Waals surface area contributed by atoms with E-state index in [1.54, 1.807) is 12.3 Å². The molecular weight excluding hydrogens is 229 g/mol. The van der Waals surface area contributed by atoms with Crippen LogP contribution in [-0.4, -0.2) is 16.5 Å². The zero-order chi connectivity index (χ0) is 13.0. The molecule has 0 saturated heterocycles. The van der Waals surface area contributed by atoms with Crippen LogP contribution in [0.3, 0.4) is 0 Å². The monoisotopic (exact) mass is 247 g/mol. The zero-order valence-corrected chi connectivity index (χ0v) is 10.7. The third kappa shape index (κ3) is 3.40. The van der Waals surface area contributed by atoms with Crippen LogP contribution in [0.2, 0.25) is 0 Å². The summed E-state index contributed by atoms with van der Waals surface area (Å²) in [6.45, 7) is 5.98. The van der Waals surface area contributed by atoms with Crippen molar-refractivity contribution in [2.75, 3.05) is 6.54 Å². The van der Waals surface area contributed by atoms with Crippen LogP contribution in [-0.2, 0) is 6.54 Å². The van der Waals surface area contributed by atoms with E-state index in [2.05, 4.69) is 29.1 Å². The summed E-state index contributed by atoms with van der Waals surface area (Å²) in [5, 5.41) is 3.31. The Labute approximate surface area is 106 Å². The molecule has 1 aromatic heterocycles. The smallest absolute Gasteiger partial charge is 0.123 e. The number of H-pyrrole nitrogens is 1. The number of imidazole rings is 1. The van der Waals surface area contributed by atoms with Gasteiger partial charge in [0.2, 0.25) is 0 Å². The SMILES string of the molecule is CC(C)CNCc1ncc(-c2cccc(F)c2)[nH]1. The van der Waals surface area contributed by atoms with Crippen molar-refractivity contribution in [1.82, 2.24) is 15.3 Å². The quantitative estimate of drug-likeness (QED) is 0.852. The maximum absolute atomic E-state index is 13.1. The van der Waals surface area contributed by atoms with E-state index >= 15 is 0 Å². The van der Waals surface area contributed by atoms with E-state index in [1.807, 2.05) is 6.07 Å². The van der Waals surface area contributed by atoms with E-state index in [1.165, 1.54) is 12.1 Å². The summed E-state index contributed by atoms with van der Waals surface area (Å²) in [5.74, 6) is 1.25. The molecule has 96 valence electrons. The molecule has 0 aliphatic rings. The van der Waals surface area contributed by atoms with Crippen LogP contribution in [0.25, 0.3) is 11.3 Å². The van der Waals surface area contributed by atoms with Gasteiger partial charge in [-0.25, -0.2) is 9.37 Å². The average Bonchev–Trinajstić information content (AvgIpc) is 2.77. The van der Waals surface area contributed by atoms with Gasteiger partial charge in [-0.2, -0.15) is 0 Å². The molecule has 1 heterocycles. The second-order valence-electron chi connectivity index (χ2n) is 4.78. The number of aromatic amines is 1. The topological polar surface area (TPSA) is 40.7 Å². The molecule has 18 heavy (non-hydrogen) atoms. The van der Waals surface area contributed by atoms with Crippen molar-refractivity contribution in [1.29, 1.82) is 0 Å². The van der Waals surface area contributed by atoms with E-state index in [4.69, 9.17) is 0 Å². The first kappa shape index (κ1) is 12.8. The predicted molar refractivity (Wildman–Crippen MR) is 70.5 cm³/mol. The summed E-state index contributed by atoms with van der Waals surface area (Å²) < 4.78 is 13.1. The second-order valence-corrected chi connectivity index (χ2v) is 4.78. The Kier molecular flexibility index (Phi) is 4.10. The molecule has 2 N–H and O–H groups in total. The molecule has 2 aromatic rings. The molecule has 0 fully saturated rings. The van der Waals surface area contributed by atoms with Crippen molar-refractivity contribution in [2.45, 2.75) is 20.4 Å². The molecular formula is C14H18FN3. The number of benzene rings is 1. The molecule has 0 spiro atoms. The number of hydrogen-bond acceptors (Lipinski definition) is 2. The van der Waals surface area contributed by atoms with Gasteiger partial charge in [-0.05, 0) is 24.6 Å². The molecule has 2 rings (SSSR count).